The molecule has 1 amide bonds. The topological polar surface area (TPSA) is 75.1 Å². The second-order valence-corrected chi connectivity index (χ2v) is 11.6. The molecule has 1 heterocycles. The molecule has 0 radical (unpaired) electrons. The summed E-state index contributed by atoms with van der Waals surface area (Å²) in [5, 5.41) is 13.1. The van der Waals surface area contributed by atoms with Crippen LogP contribution in [-0.2, 0) is 19.3 Å². The number of fused-ring (bicyclic) bond motifs is 3. The van der Waals surface area contributed by atoms with E-state index >= 15 is 0 Å². The lowest BCUT2D eigenvalue weighted by Gasteiger charge is -2.57. The number of carbonyl (C=O) groups excluding carboxylic acids is 1. The highest BCUT2D eigenvalue weighted by atomic mass is 16.3. The second kappa shape index (κ2) is 7.91. The molecule has 5 aliphatic rings. The Morgan fingerprint density at radius 3 is 2.37 bits per heavy atom. The molecule has 0 unspecified atom stereocenters. The molecule has 8 rings (SSSR count). The van der Waals surface area contributed by atoms with Crippen LogP contribution in [0.5, 0.6) is 5.75 Å². The fourth-order valence-corrected chi connectivity index (χ4v) is 8.02. The summed E-state index contributed by atoms with van der Waals surface area (Å²) in [4.78, 5) is 23.4. The summed E-state index contributed by atoms with van der Waals surface area (Å²) in [5.74, 6) is 3.37. The fraction of sp³-hybridized carbons (Fsp3) is 0.433. The molecule has 0 saturated heterocycles. The van der Waals surface area contributed by atoms with E-state index in [4.69, 9.17) is 9.97 Å². The normalized spacial score (nSPS) is 27.8. The third kappa shape index (κ3) is 3.72. The molecule has 4 saturated carbocycles. The van der Waals surface area contributed by atoms with Gasteiger partial charge in [0.2, 0.25) is 0 Å². The zero-order valence-electron chi connectivity index (χ0n) is 20.0. The highest BCUT2D eigenvalue weighted by Gasteiger charge is 2.51. The van der Waals surface area contributed by atoms with Crippen molar-refractivity contribution in [2.24, 2.45) is 23.2 Å². The molecular formula is C30H31N3O2. The number of carbonyl (C=O) groups is 1. The van der Waals surface area contributed by atoms with Crippen molar-refractivity contribution in [3.63, 3.8) is 0 Å². The zero-order valence-corrected chi connectivity index (χ0v) is 20.0. The second-order valence-electron chi connectivity index (χ2n) is 11.6. The van der Waals surface area contributed by atoms with Gasteiger partial charge in [0.15, 0.2) is 5.82 Å². The van der Waals surface area contributed by atoms with Crippen LogP contribution in [0.15, 0.2) is 48.5 Å². The standard InChI is InChI=1S/C30H31N3O2/c34-23-7-8-24-22(13-23)6-9-25-27(24)31-26(28(32-25)33-29(35)21-4-2-1-3-5-21)17-30-14-18-10-19(15-30)12-20(11-18)16-30/h1-5,7-8,13,18-20,34H,6,9-12,14-17H2,(H,32,33,35). The smallest absolute Gasteiger partial charge is 0.256 e. The van der Waals surface area contributed by atoms with Crippen molar-refractivity contribution in [1.29, 1.82) is 0 Å². The van der Waals surface area contributed by atoms with E-state index in [1.807, 2.05) is 42.5 Å². The summed E-state index contributed by atoms with van der Waals surface area (Å²) in [6, 6.07) is 14.9. The number of hydrogen-bond acceptors (Lipinski definition) is 4. The lowest BCUT2D eigenvalue weighted by molar-refractivity contribution is -0.0526. The third-order valence-corrected chi connectivity index (χ3v) is 8.99. The van der Waals surface area contributed by atoms with Crippen LogP contribution in [0.4, 0.5) is 5.82 Å². The molecule has 2 aromatic carbocycles. The molecule has 35 heavy (non-hydrogen) atoms. The SMILES string of the molecule is O=C(Nc1nc2c(nc1CC13CC4CC(CC(C4)C1)C3)-c1ccc(O)cc1CC2)c1ccccc1. The van der Waals surface area contributed by atoms with Gasteiger partial charge in [-0.25, -0.2) is 9.97 Å². The molecule has 1 aromatic heterocycles. The van der Waals surface area contributed by atoms with Crippen LogP contribution in [0.3, 0.4) is 0 Å². The van der Waals surface area contributed by atoms with Crippen LogP contribution >= 0.6 is 0 Å². The van der Waals surface area contributed by atoms with Gasteiger partial charge in [0.25, 0.3) is 5.91 Å². The minimum Gasteiger partial charge on any atom is -0.508 e. The monoisotopic (exact) mass is 465 g/mol. The number of amides is 1. The fourth-order valence-electron chi connectivity index (χ4n) is 8.02. The van der Waals surface area contributed by atoms with Crippen LogP contribution in [0.25, 0.3) is 11.3 Å². The van der Waals surface area contributed by atoms with E-state index in [0.29, 0.717) is 17.1 Å². The average molecular weight is 466 g/mol. The third-order valence-electron chi connectivity index (χ3n) is 8.99. The lowest BCUT2D eigenvalue weighted by Crippen LogP contribution is -2.47. The van der Waals surface area contributed by atoms with Gasteiger partial charge in [0.05, 0.1) is 17.1 Å². The number of aromatic hydroxyl groups is 1. The number of hydrogen-bond donors (Lipinski definition) is 2. The van der Waals surface area contributed by atoms with Crippen molar-refractivity contribution >= 4 is 11.7 Å². The summed E-state index contributed by atoms with van der Waals surface area (Å²) in [7, 11) is 0. The molecule has 5 aliphatic carbocycles. The first-order valence-electron chi connectivity index (χ1n) is 13.1. The Balaban J connectivity index is 1.30. The number of nitrogens with one attached hydrogen (secondary N) is 1. The molecule has 178 valence electrons. The Hall–Kier alpha value is -3.21. The Morgan fingerprint density at radius 2 is 1.66 bits per heavy atom. The molecular weight excluding hydrogens is 434 g/mol. The maximum absolute atomic E-state index is 13.1. The number of rotatable bonds is 4. The van der Waals surface area contributed by atoms with Crippen LogP contribution in [0.1, 0.15) is 65.8 Å². The summed E-state index contributed by atoms with van der Waals surface area (Å²) in [6.07, 6.45) is 10.5. The molecule has 0 spiro atoms. The molecule has 4 bridgehead atoms. The van der Waals surface area contributed by atoms with E-state index in [1.165, 1.54) is 38.5 Å². The average Bonchev–Trinajstić information content (AvgIpc) is 2.83. The largest absolute Gasteiger partial charge is 0.508 e. The Morgan fingerprint density at radius 1 is 0.943 bits per heavy atom. The highest BCUT2D eigenvalue weighted by Crippen LogP contribution is 2.61. The predicted octanol–water partition coefficient (Wildman–Crippen LogP) is 5.96. The number of benzene rings is 2. The first-order valence-corrected chi connectivity index (χ1v) is 13.1. The van der Waals surface area contributed by atoms with Crippen LogP contribution < -0.4 is 5.32 Å². The minimum atomic E-state index is -0.132. The molecule has 3 aromatic rings. The van der Waals surface area contributed by atoms with E-state index in [0.717, 1.165) is 65.2 Å². The van der Waals surface area contributed by atoms with Gasteiger partial charge in [-0.05, 0) is 117 Å². The highest BCUT2D eigenvalue weighted by molar-refractivity contribution is 6.04. The number of aromatic nitrogens is 2. The van der Waals surface area contributed by atoms with Crippen molar-refractivity contribution in [3.8, 4) is 17.0 Å². The molecule has 5 nitrogen and oxygen atoms in total. The number of nitrogens with zero attached hydrogens (tertiary/aromatic N) is 2. The number of aryl methyl sites for hydroxylation is 2. The van der Waals surface area contributed by atoms with Gasteiger partial charge < -0.3 is 10.4 Å². The minimum absolute atomic E-state index is 0.132. The first-order chi connectivity index (χ1) is 17.0. The number of phenols is 1. The summed E-state index contributed by atoms with van der Waals surface area (Å²) >= 11 is 0. The van der Waals surface area contributed by atoms with E-state index in [1.54, 1.807) is 6.07 Å². The quantitative estimate of drug-likeness (QED) is 0.499. The van der Waals surface area contributed by atoms with Crippen molar-refractivity contribution in [2.75, 3.05) is 5.32 Å². The van der Waals surface area contributed by atoms with Gasteiger partial charge in [0, 0.05) is 11.1 Å². The van der Waals surface area contributed by atoms with Gasteiger partial charge in [-0.1, -0.05) is 18.2 Å². The number of anilines is 1. The summed E-state index contributed by atoms with van der Waals surface area (Å²) < 4.78 is 0. The predicted molar refractivity (Wildman–Crippen MR) is 135 cm³/mol. The number of phenolic OH excluding ortho intramolecular Hbond substituents is 1. The van der Waals surface area contributed by atoms with Gasteiger partial charge in [-0.15, -0.1) is 0 Å². The van der Waals surface area contributed by atoms with Crippen molar-refractivity contribution in [2.45, 2.75) is 57.8 Å². The van der Waals surface area contributed by atoms with E-state index in [-0.39, 0.29) is 11.3 Å². The van der Waals surface area contributed by atoms with E-state index in [2.05, 4.69) is 5.32 Å². The molecule has 0 atom stereocenters. The van der Waals surface area contributed by atoms with Crippen LogP contribution in [-0.4, -0.2) is 21.0 Å². The van der Waals surface area contributed by atoms with Crippen LogP contribution in [0, 0.1) is 23.2 Å². The van der Waals surface area contributed by atoms with Gasteiger partial charge in [0.1, 0.15) is 5.75 Å². The molecule has 4 fully saturated rings. The first kappa shape index (κ1) is 21.1. The lowest BCUT2D eigenvalue weighted by atomic mass is 9.48. The molecule has 5 heteroatoms. The Bertz CT molecular complexity index is 1280. The van der Waals surface area contributed by atoms with Crippen molar-refractivity contribution in [1.82, 2.24) is 9.97 Å². The van der Waals surface area contributed by atoms with E-state index in [9.17, 15) is 9.90 Å². The summed E-state index contributed by atoms with van der Waals surface area (Å²) in [5.41, 5.74) is 5.88. The zero-order chi connectivity index (χ0) is 23.6. The Labute approximate surface area is 206 Å². The maximum atomic E-state index is 13.1. The maximum Gasteiger partial charge on any atom is 0.256 e. The van der Waals surface area contributed by atoms with Crippen LogP contribution in [0.2, 0.25) is 0 Å². The van der Waals surface area contributed by atoms with Gasteiger partial charge in [-0.3, -0.25) is 4.79 Å². The van der Waals surface area contributed by atoms with Crippen molar-refractivity contribution in [3.05, 3.63) is 71.0 Å². The van der Waals surface area contributed by atoms with Gasteiger partial charge >= 0.3 is 0 Å². The van der Waals surface area contributed by atoms with Gasteiger partial charge in [-0.2, -0.15) is 0 Å². The Kier molecular flexibility index (Phi) is 4.77. The summed E-state index contributed by atoms with van der Waals surface area (Å²) in [6.45, 7) is 0. The van der Waals surface area contributed by atoms with Crippen molar-refractivity contribution < 1.29 is 9.90 Å². The molecule has 0 aliphatic heterocycles. The van der Waals surface area contributed by atoms with E-state index < -0.39 is 0 Å². The molecule has 2 N–H and O–H groups in total.